The van der Waals surface area contributed by atoms with E-state index < -0.39 is 15.9 Å². The van der Waals surface area contributed by atoms with Crippen LogP contribution in [0.15, 0.2) is 23.1 Å². The Bertz CT molecular complexity index is 792. The van der Waals surface area contributed by atoms with Gasteiger partial charge in [0.15, 0.2) is 6.61 Å². The molecule has 3 rings (SSSR count). The lowest BCUT2D eigenvalue weighted by atomic mass is 10.0. The number of sulfonamides is 1. The van der Waals surface area contributed by atoms with Gasteiger partial charge in [-0.15, -0.1) is 0 Å². The van der Waals surface area contributed by atoms with Crippen LogP contribution in [0.4, 0.5) is 5.69 Å². The van der Waals surface area contributed by atoms with Crippen LogP contribution in [0.25, 0.3) is 0 Å². The molecule has 2 aliphatic heterocycles. The van der Waals surface area contributed by atoms with E-state index in [1.54, 1.807) is 6.92 Å². The number of ether oxygens (including phenoxy) is 2. The van der Waals surface area contributed by atoms with E-state index in [2.05, 4.69) is 5.32 Å². The first-order valence-electron chi connectivity index (χ1n) is 8.15. The quantitative estimate of drug-likeness (QED) is 0.795. The van der Waals surface area contributed by atoms with Crippen LogP contribution in [0.1, 0.15) is 19.8 Å². The number of carbonyl (C=O) groups excluding carboxylic acids is 2. The van der Waals surface area contributed by atoms with Gasteiger partial charge in [0, 0.05) is 13.1 Å². The van der Waals surface area contributed by atoms with Gasteiger partial charge in [-0.2, -0.15) is 4.31 Å². The highest BCUT2D eigenvalue weighted by Gasteiger charge is 2.34. The van der Waals surface area contributed by atoms with Gasteiger partial charge in [-0.05, 0) is 38.0 Å². The Morgan fingerprint density at radius 2 is 2.24 bits per heavy atom. The molecule has 25 heavy (non-hydrogen) atoms. The molecule has 2 heterocycles. The molecule has 136 valence electrons. The maximum atomic E-state index is 12.9. The number of amides is 1. The van der Waals surface area contributed by atoms with Gasteiger partial charge < -0.3 is 14.8 Å². The van der Waals surface area contributed by atoms with Crippen molar-refractivity contribution in [2.75, 3.05) is 31.6 Å². The molecule has 1 atom stereocenters. The van der Waals surface area contributed by atoms with Gasteiger partial charge in [0.05, 0.1) is 23.1 Å². The maximum absolute atomic E-state index is 12.9. The summed E-state index contributed by atoms with van der Waals surface area (Å²) in [4.78, 5) is 23.4. The Morgan fingerprint density at radius 3 is 3.00 bits per heavy atom. The van der Waals surface area contributed by atoms with E-state index in [1.165, 1.54) is 22.5 Å². The van der Waals surface area contributed by atoms with Gasteiger partial charge in [0.1, 0.15) is 5.75 Å². The zero-order chi connectivity index (χ0) is 18.0. The molecule has 0 unspecified atom stereocenters. The average Bonchev–Trinajstić information content (AvgIpc) is 2.61. The van der Waals surface area contributed by atoms with Crippen molar-refractivity contribution in [3.8, 4) is 5.75 Å². The third kappa shape index (κ3) is 3.62. The Labute approximate surface area is 146 Å². The number of hydrogen-bond donors (Lipinski definition) is 1. The van der Waals surface area contributed by atoms with Crippen LogP contribution in [-0.4, -0.2) is 50.9 Å². The average molecular weight is 368 g/mol. The smallest absolute Gasteiger partial charge is 0.310 e. The molecule has 1 amide bonds. The standard InChI is InChI=1S/C16H20N2O6S/c1-2-23-16(20)11-4-3-7-18(9-11)25(21,22)12-5-6-14-13(8-12)17-15(19)10-24-14/h5-6,8,11H,2-4,7,9-10H2,1H3,(H,17,19)/t11-/m1/s1. The topological polar surface area (TPSA) is 102 Å². The minimum absolute atomic E-state index is 0.0570. The zero-order valence-corrected chi connectivity index (χ0v) is 14.7. The van der Waals surface area contributed by atoms with Gasteiger partial charge in [-0.3, -0.25) is 9.59 Å². The van der Waals surface area contributed by atoms with Crippen LogP contribution < -0.4 is 10.1 Å². The molecule has 0 radical (unpaired) electrons. The van der Waals surface area contributed by atoms with E-state index in [0.29, 0.717) is 30.8 Å². The van der Waals surface area contributed by atoms with Crippen LogP contribution in [-0.2, 0) is 24.3 Å². The van der Waals surface area contributed by atoms with Crippen molar-refractivity contribution in [2.45, 2.75) is 24.7 Å². The van der Waals surface area contributed by atoms with Crippen LogP contribution in [0.2, 0.25) is 0 Å². The van der Waals surface area contributed by atoms with Crippen LogP contribution in [0.5, 0.6) is 5.75 Å². The molecule has 2 aliphatic rings. The number of rotatable bonds is 4. The molecule has 0 bridgehead atoms. The predicted molar refractivity (Wildman–Crippen MR) is 88.7 cm³/mol. The molecule has 0 saturated carbocycles. The van der Waals surface area contributed by atoms with Crippen molar-refractivity contribution in [2.24, 2.45) is 5.92 Å². The van der Waals surface area contributed by atoms with Crippen molar-refractivity contribution in [3.05, 3.63) is 18.2 Å². The molecule has 1 fully saturated rings. The molecule has 0 spiro atoms. The number of nitrogens with one attached hydrogen (secondary N) is 1. The van der Waals surface area contributed by atoms with Crippen LogP contribution in [0, 0.1) is 5.92 Å². The normalized spacial score (nSPS) is 21.0. The number of nitrogens with zero attached hydrogens (tertiary/aromatic N) is 1. The van der Waals surface area contributed by atoms with E-state index >= 15 is 0 Å². The second-order valence-electron chi connectivity index (χ2n) is 5.95. The highest BCUT2D eigenvalue weighted by molar-refractivity contribution is 7.89. The lowest BCUT2D eigenvalue weighted by Gasteiger charge is -2.31. The summed E-state index contributed by atoms with van der Waals surface area (Å²) in [6.45, 7) is 2.34. The van der Waals surface area contributed by atoms with Crippen molar-refractivity contribution in [1.29, 1.82) is 0 Å². The van der Waals surface area contributed by atoms with Gasteiger partial charge in [-0.1, -0.05) is 0 Å². The number of piperidine rings is 1. The second-order valence-corrected chi connectivity index (χ2v) is 7.89. The third-order valence-corrected chi connectivity index (χ3v) is 6.09. The summed E-state index contributed by atoms with van der Waals surface area (Å²) < 4.78 is 37.4. The summed E-state index contributed by atoms with van der Waals surface area (Å²) in [6, 6.07) is 4.35. The number of fused-ring (bicyclic) bond motifs is 1. The zero-order valence-electron chi connectivity index (χ0n) is 13.9. The van der Waals surface area contributed by atoms with E-state index in [4.69, 9.17) is 9.47 Å². The molecule has 1 N–H and O–H groups in total. The van der Waals surface area contributed by atoms with E-state index in [0.717, 1.165) is 0 Å². The van der Waals surface area contributed by atoms with Crippen molar-refractivity contribution < 1.29 is 27.5 Å². The van der Waals surface area contributed by atoms with Gasteiger partial charge in [0.25, 0.3) is 5.91 Å². The van der Waals surface area contributed by atoms with E-state index in [9.17, 15) is 18.0 Å². The Hall–Kier alpha value is -2.13. The summed E-state index contributed by atoms with van der Waals surface area (Å²) in [6.07, 6.45) is 1.20. The Morgan fingerprint density at radius 1 is 1.44 bits per heavy atom. The molecule has 1 aromatic carbocycles. The highest BCUT2D eigenvalue weighted by atomic mass is 32.2. The van der Waals surface area contributed by atoms with Crippen LogP contribution in [0.3, 0.4) is 0 Å². The van der Waals surface area contributed by atoms with Crippen molar-refractivity contribution >= 4 is 27.6 Å². The first-order chi connectivity index (χ1) is 11.9. The second kappa shape index (κ2) is 7.01. The summed E-state index contributed by atoms with van der Waals surface area (Å²) in [7, 11) is -3.78. The van der Waals surface area contributed by atoms with Crippen molar-refractivity contribution in [3.63, 3.8) is 0 Å². The van der Waals surface area contributed by atoms with Gasteiger partial charge in [-0.25, -0.2) is 8.42 Å². The maximum Gasteiger partial charge on any atom is 0.310 e. The minimum atomic E-state index is -3.78. The monoisotopic (exact) mass is 368 g/mol. The molecule has 9 heteroatoms. The molecule has 0 aromatic heterocycles. The minimum Gasteiger partial charge on any atom is -0.482 e. The number of hydrogen-bond acceptors (Lipinski definition) is 6. The fourth-order valence-electron chi connectivity index (χ4n) is 2.98. The third-order valence-electron chi connectivity index (χ3n) is 4.23. The number of esters is 1. The largest absolute Gasteiger partial charge is 0.482 e. The number of anilines is 1. The predicted octanol–water partition coefficient (Wildman–Crippen LogP) is 0.981. The summed E-state index contributed by atoms with van der Waals surface area (Å²) in [5.41, 5.74) is 0.330. The first-order valence-corrected chi connectivity index (χ1v) is 9.59. The molecule has 8 nitrogen and oxygen atoms in total. The molecular weight excluding hydrogens is 348 g/mol. The van der Waals surface area contributed by atoms with E-state index in [1.807, 2.05) is 0 Å². The van der Waals surface area contributed by atoms with Crippen molar-refractivity contribution in [1.82, 2.24) is 4.31 Å². The fraction of sp³-hybridized carbons (Fsp3) is 0.500. The summed E-state index contributed by atoms with van der Waals surface area (Å²) in [5.74, 6) is -0.721. The lowest BCUT2D eigenvalue weighted by Crippen LogP contribution is -2.42. The summed E-state index contributed by atoms with van der Waals surface area (Å²) >= 11 is 0. The van der Waals surface area contributed by atoms with Gasteiger partial charge >= 0.3 is 5.97 Å². The molecule has 0 aliphatic carbocycles. The lowest BCUT2D eigenvalue weighted by molar-refractivity contribution is -0.149. The Kier molecular flexibility index (Phi) is 4.96. The van der Waals surface area contributed by atoms with Crippen LogP contribution >= 0.6 is 0 Å². The van der Waals surface area contributed by atoms with Gasteiger partial charge in [0.2, 0.25) is 10.0 Å². The SMILES string of the molecule is CCOC(=O)[C@@H]1CCCN(S(=O)(=O)c2ccc3c(c2)NC(=O)CO3)C1. The number of carbonyl (C=O) groups is 2. The summed E-state index contributed by atoms with van der Waals surface area (Å²) in [5, 5.41) is 2.60. The Balaban J connectivity index is 1.82. The highest BCUT2D eigenvalue weighted by Crippen LogP contribution is 2.32. The fourth-order valence-corrected chi connectivity index (χ4v) is 4.54. The molecule has 1 aromatic rings. The van der Waals surface area contributed by atoms with E-state index in [-0.39, 0.29) is 36.5 Å². The molecular formula is C16H20N2O6S. The molecule has 1 saturated heterocycles. The first kappa shape index (κ1) is 17.7. The number of benzene rings is 1.